The van der Waals surface area contributed by atoms with E-state index >= 15 is 0 Å². The molecule has 0 spiro atoms. The molecule has 0 aromatic heterocycles. The molecule has 1 rings (SSSR count). The van der Waals surface area contributed by atoms with Crippen LogP contribution in [0.4, 0.5) is 4.79 Å². The summed E-state index contributed by atoms with van der Waals surface area (Å²) in [5.74, 6) is 0. The lowest BCUT2D eigenvalue weighted by molar-refractivity contribution is -0.0635. The van der Waals surface area contributed by atoms with Gasteiger partial charge >= 0.3 is 6.09 Å². The summed E-state index contributed by atoms with van der Waals surface area (Å²) in [6, 6.07) is 0. The van der Waals surface area contributed by atoms with Crippen LogP contribution in [0.15, 0.2) is 0 Å². The molecule has 1 unspecified atom stereocenters. The molecule has 4 heteroatoms. The summed E-state index contributed by atoms with van der Waals surface area (Å²) in [5, 5.41) is 0. The predicted octanol–water partition coefficient (Wildman–Crippen LogP) is 3.16. The first-order valence-corrected chi connectivity index (χ1v) is 6.55. The molecule has 1 aliphatic rings. The second kappa shape index (κ2) is 6.24. The molecular weight excluding hydrogens is 218 g/mol. The average Bonchev–Trinajstić information content (AvgIpc) is 2.41. The molecule has 0 aliphatic carbocycles. The van der Waals surface area contributed by atoms with Gasteiger partial charge in [-0.05, 0) is 47.0 Å². The highest BCUT2D eigenvalue weighted by molar-refractivity contribution is 5.68. The summed E-state index contributed by atoms with van der Waals surface area (Å²) in [6.45, 7) is 8.98. The fourth-order valence-electron chi connectivity index (χ4n) is 1.97. The minimum atomic E-state index is -0.444. The predicted molar refractivity (Wildman–Crippen MR) is 66.8 cm³/mol. The number of likely N-dealkylation sites (tertiary alicyclic amines) is 1. The largest absolute Gasteiger partial charge is 0.444 e. The molecule has 0 aromatic carbocycles. The molecule has 0 bridgehead atoms. The number of ether oxygens (including phenoxy) is 2. The molecule has 17 heavy (non-hydrogen) atoms. The zero-order valence-corrected chi connectivity index (χ0v) is 11.5. The molecule has 1 atom stereocenters. The summed E-state index contributed by atoms with van der Waals surface area (Å²) in [6.07, 6.45) is 3.85. The molecule has 100 valence electrons. The van der Waals surface area contributed by atoms with Crippen molar-refractivity contribution in [3.8, 4) is 0 Å². The van der Waals surface area contributed by atoms with Crippen molar-refractivity contribution in [1.29, 1.82) is 0 Å². The molecule has 4 nitrogen and oxygen atoms in total. The first-order valence-electron chi connectivity index (χ1n) is 6.55. The van der Waals surface area contributed by atoms with Crippen LogP contribution in [-0.4, -0.2) is 36.0 Å². The Hall–Kier alpha value is -0.770. The van der Waals surface area contributed by atoms with E-state index in [2.05, 4.69) is 0 Å². The lowest BCUT2D eigenvalue weighted by Crippen LogP contribution is -2.44. The van der Waals surface area contributed by atoms with Crippen molar-refractivity contribution < 1.29 is 14.3 Å². The van der Waals surface area contributed by atoms with E-state index in [4.69, 9.17) is 9.47 Å². The monoisotopic (exact) mass is 243 g/mol. The van der Waals surface area contributed by atoms with Gasteiger partial charge in [0.05, 0.1) is 0 Å². The van der Waals surface area contributed by atoms with Crippen LogP contribution in [-0.2, 0) is 9.47 Å². The van der Waals surface area contributed by atoms with Gasteiger partial charge < -0.3 is 9.47 Å². The quantitative estimate of drug-likeness (QED) is 0.747. The third kappa shape index (κ3) is 4.94. The molecule has 1 aliphatic heterocycles. The van der Waals surface area contributed by atoms with Gasteiger partial charge in [-0.25, -0.2) is 4.79 Å². The van der Waals surface area contributed by atoms with E-state index in [-0.39, 0.29) is 12.3 Å². The van der Waals surface area contributed by atoms with E-state index in [0.717, 1.165) is 32.2 Å². The van der Waals surface area contributed by atoms with Crippen LogP contribution in [0.5, 0.6) is 0 Å². The number of rotatable bonds is 2. The Bertz CT molecular complexity index is 248. The number of carbonyl (C=O) groups excluding carboxylic acids is 1. The molecule has 0 N–H and O–H groups in total. The second-order valence-electron chi connectivity index (χ2n) is 5.43. The van der Waals surface area contributed by atoms with Gasteiger partial charge in [0, 0.05) is 13.2 Å². The van der Waals surface area contributed by atoms with Gasteiger partial charge in [0.2, 0.25) is 0 Å². The van der Waals surface area contributed by atoms with Crippen LogP contribution in [0.25, 0.3) is 0 Å². The van der Waals surface area contributed by atoms with Gasteiger partial charge in [0.15, 0.2) is 0 Å². The third-order valence-corrected chi connectivity index (χ3v) is 2.68. The zero-order valence-electron chi connectivity index (χ0n) is 11.5. The van der Waals surface area contributed by atoms with Crippen molar-refractivity contribution in [3.63, 3.8) is 0 Å². The topological polar surface area (TPSA) is 38.8 Å². The van der Waals surface area contributed by atoms with Gasteiger partial charge in [-0.15, -0.1) is 0 Å². The Labute approximate surface area is 104 Å². The first-order chi connectivity index (χ1) is 7.94. The molecule has 0 saturated carbocycles. The molecule has 1 saturated heterocycles. The van der Waals surface area contributed by atoms with E-state index in [9.17, 15) is 4.79 Å². The maximum absolute atomic E-state index is 12.1. The van der Waals surface area contributed by atoms with Gasteiger partial charge in [0.1, 0.15) is 11.8 Å². The van der Waals surface area contributed by atoms with Crippen LogP contribution in [0.3, 0.4) is 0 Å². The van der Waals surface area contributed by atoms with Crippen LogP contribution < -0.4 is 0 Å². The maximum Gasteiger partial charge on any atom is 0.412 e. The summed E-state index contributed by atoms with van der Waals surface area (Å²) >= 11 is 0. The van der Waals surface area contributed by atoms with Crippen LogP contribution in [0.2, 0.25) is 0 Å². The number of carbonyl (C=O) groups is 1. The van der Waals surface area contributed by atoms with Crippen molar-refractivity contribution in [2.45, 2.75) is 65.2 Å². The van der Waals surface area contributed by atoms with Crippen molar-refractivity contribution in [1.82, 2.24) is 4.90 Å². The van der Waals surface area contributed by atoms with Gasteiger partial charge in [-0.1, -0.05) is 6.42 Å². The number of amides is 1. The van der Waals surface area contributed by atoms with Crippen molar-refractivity contribution in [3.05, 3.63) is 0 Å². The highest BCUT2D eigenvalue weighted by Crippen LogP contribution is 2.20. The standard InChI is InChI=1S/C13H25NO3/c1-5-16-11-9-7-6-8-10-14(11)12(15)17-13(2,3)4/h11H,5-10H2,1-4H3. The lowest BCUT2D eigenvalue weighted by Gasteiger charge is -2.31. The third-order valence-electron chi connectivity index (χ3n) is 2.68. The normalized spacial score (nSPS) is 22.1. The smallest absolute Gasteiger partial charge is 0.412 e. The highest BCUT2D eigenvalue weighted by atomic mass is 16.6. The lowest BCUT2D eigenvalue weighted by atomic mass is 10.2. The molecule has 1 fully saturated rings. The minimum absolute atomic E-state index is 0.114. The van der Waals surface area contributed by atoms with Crippen molar-refractivity contribution >= 4 is 6.09 Å². The summed E-state index contributed by atoms with van der Waals surface area (Å²) in [5.41, 5.74) is -0.444. The van der Waals surface area contributed by atoms with Crippen molar-refractivity contribution in [2.75, 3.05) is 13.2 Å². The van der Waals surface area contributed by atoms with Gasteiger partial charge in [-0.3, -0.25) is 4.90 Å². The summed E-state index contributed by atoms with van der Waals surface area (Å²) in [7, 11) is 0. The van der Waals surface area contributed by atoms with Crippen LogP contribution in [0.1, 0.15) is 53.4 Å². The van der Waals surface area contributed by atoms with Crippen LogP contribution >= 0.6 is 0 Å². The fraction of sp³-hybridized carbons (Fsp3) is 0.923. The van der Waals surface area contributed by atoms with E-state index in [1.165, 1.54) is 0 Å². The van der Waals surface area contributed by atoms with Gasteiger partial charge in [0.25, 0.3) is 0 Å². The number of hydrogen-bond acceptors (Lipinski definition) is 3. The highest BCUT2D eigenvalue weighted by Gasteiger charge is 2.29. The Morgan fingerprint density at radius 1 is 1.29 bits per heavy atom. The molecule has 0 radical (unpaired) electrons. The maximum atomic E-state index is 12.1. The van der Waals surface area contributed by atoms with Crippen molar-refractivity contribution in [2.24, 2.45) is 0 Å². The van der Waals surface area contributed by atoms with E-state index in [0.29, 0.717) is 6.61 Å². The van der Waals surface area contributed by atoms with E-state index in [1.54, 1.807) is 4.90 Å². The molecule has 1 heterocycles. The summed E-state index contributed by atoms with van der Waals surface area (Å²) in [4.78, 5) is 13.8. The zero-order chi connectivity index (χ0) is 12.9. The number of nitrogens with zero attached hydrogens (tertiary/aromatic N) is 1. The molecular formula is C13H25NO3. The molecule has 1 amide bonds. The molecule has 0 aromatic rings. The van der Waals surface area contributed by atoms with E-state index in [1.807, 2.05) is 27.7 Å². The number of hydrogen-bond donors (Lipinski definition) is 0. The first kappa shape index (κ1) is 14.3. The summed E-state index contributed by atoms with van der Waals surface area (Å²) < 4.78 is 11.1. The Kier molecular flexibility index (Phi) is 5.25. The Morgan fingerprint density at radius 2 is 2.00 bits per heavy atom. The average molecular weight is 243 g/mol. The van der Waals surface area contributed by atoms with E-state index < -0.39 is 5.60 Å². The minimum Gasteiger partial charge on any atom is -0.444 e. The Balaban J connectivity index is 2.64. The Morgan fingerprint density at radius 3 is 2.59 bits per heavy atom. The van der Waals surface area contributed by atoms with Gasteiger partial charge in [-0.2, -0.15) is 0 Å². The SMILES string of the molecule is CCOC1CCCCCN1C(=O)OC(C)(C)C. The van der Waals surface area contributed by atoms with Crippen LogP contribution in [0, 0.1) is 0 Å². The second-order valence-corrected chi connectivity index (χ2v) is 5.43. The fourth-order valence-corrected chi connectivity index (χ4v) is 1.97.